The maximum atomic E-state index is 11.1. The lowest BCUT2D eigenvalue weighted by molar-refractivity contribution is -0.384. The minimum atomic E-state index is -0.432. The summed E-state index contributed by atoms with van der Waals surface area (Å²) in [6.07, 6.45) is 1.46. The van der Waals surface area contributed by atoms with Crippen molar-refractivity contribution in [1.82, 2.24) is 19.9 Å². The van der Waals surface area contributed by atoms with Gasteiger partial charge in [-0.15, -0.1) is 0 Å². The second-order valence-corrected chi connectivity index (χ2v) is 10.2. The summed E-state index contributed by atoms with van der Waals surface area (Å²) in [5.74, 6) is 1.19. The summed E-state index contributed by atoms with van der Waals surface area (Å²) in [4.78, 5) is 33.1. The van der Waals surface area contributed by atoms with Gasteiger partial charge in [-0.25, -0.2) is 4.98 Å². The standard InChI is InChI=1S/C20H28N12O2S/c21-10-3-11(22)7-30(6-10)18-26-17(27-19(29-18)31-8-12(23)4-13(24)9-31)28-20-25-15-2-1-14(32(33)34)5-16(15)35-20/h1-2,5,10-13H,3-4,6-9,21-24H2,(H,25,26,27,28,29). The summed E-state index contributed by atoms with van der Waals surface area (Å²) in [5, 5.41) is 14.8. The monoisotopic (exact) mass is 500 g/mol. The van der Waals surface area contributed by atoms with Crippen LogP contribution in [0.1, 0.15) is 12.8 Å². The number of nitrogens with one attached hydrogen (secondary N) is 1. The molecule has 4 unspecified atom stereocenters. The van der Waals surface area contributed by atoms with Gasteiger partial charge >= 0.3 is 0 Å². The first-order valence-electron chi connectivity index (χ1n) is 11.3. The van der Waals surface area contributed by atoms with E-state index in [1.807, 2.05) is 9.80 Å². The summed E-state index contributed by atoms with van der Waals surface area (Å²) >= 11 is 1.27. The van der Waals surface area contributed by atoms with Gasteiger partial charge in [0.05, 0.1) is 15.1 Å². The van der Waals surface area contributed by atoms with Gasteiger partial charge in [-0.1, -0.05) is 11.3 Å². The van der Waals surface area contributed by atoms with E-state index in [-0.39, 0.29) is 29.9 Å². The normalized spacial score (nSPS) is 25.1. The fourth-order valence-electron chi connectivity index (χ4n) is 4.55. The number of rotatable bonds is 5. The molecule has 2 aromatic heterocycles. The molecular formula is C20H28N12O2S. The predicted molar refractivity (Wildman–Crippen MR) is 135 cm³/mol. The highest BCUT2D eigenvalue weighted by Crippen LogP contribution is 2.31. The Labute approximate surface area is 204 Å². The van der Waals surface area contributed by atoms with Crippen LogP contribution in [0, 0.1) is 10.1 Å². The predicted octanol–water partition coefficient (Wildman–Crippen LogP) is -0.137. The molecule has 2 aliphatic rings. The van der Waals surface area contributed by atoms with Crippen molar-refractivity contribution in [2.24, 2.45) is 22.9 Å². The molecule has 9 N–H and O–H groups in total. The molecule has 14 nitrogen and oxygen atoms in total. The Balaban J connectivity index is 1.49. The van der Waals surface area contributed by atoms with E-state index in [0.717, 1.165) is 12.8 Å². The number of nitrogens with two attached hydrogens (primary N) is 4. The summed E-state index contributed by atoms with van der Waals surface area (Å²) in [7, 11) is 0. The van der Waals surface area contributed by atoms with Crippen molar-refractivity contribution in [1.29, 1.82) is 0 Å². The number of thiazole rings is 1. The van der Waals surface area contributed by atoms with Crippen LogP contribution in [0.25, 0.3) is 10.2 Å². The Kier molecular flexibility index (Phi) is 6.33. The lowest BCUT2D eigenvalue weighted by Crippen LogP contribution is -2.54. The van der Waals surface area contributed by atoms with Crippen LogP contribution in [0.4, 0.5) is 28.7 Å². The Morgan fingerprint density at radius 1 is 0.886 bits per heavy atom. The molecule has 35 heavy (non-hydrogen) atoms. The van der Waals surface area contributed by atoms with E-state index in [1.165, 1.54) is 23.5 Å². The van der Waals surface area contributed by atoms with Crippen molar-refractivity contribution >= 4 is 50.2 Å². The van der Waals surface area contributed by atoms with Crippen LogP contribution in [-0.2, 0) is 0 Å². The minimum absolute atomic E-state index is 0.00739. The number of fused-ring (bicyclic) bond motifs is 1. The molecule has 2 aliphatic heterocycles. The van der Waals surface area contributed by atoms with E-state index in [2.05, 4.69) is 20.3 Å². The van der Waals surface area contributed by atoms with Crippen LogP contribution in [-0.4, -0.2) is 75.2 Å². The van der Waals surface area contributed by atoms with Crippen molar-refractivity contribution in [3.8, 4) is 0 Å². The highest BCUT2D eigenvalue weighted by Gasteiger charge is 2.29. The third-order valence-electron chi connectivity index (χ3n) is 6.01. The molecule has 4 atom stereocenters. The summed E-state index contributed by atoms with van der Waals surface area (Å²) in [5.41, 5.74) is 25.4. The highest BCUT2D eigenvalue weighted by atomic mass is 32.1. The van der Waals surface area contributed by atoms with E-state index >= 15 is 0 Å². The molecule has 15 heteroatoms. The number of hydrogen-bond acceptors (Lipinski definition) is 14. The zero-order valence-electron chi connectivity index (χ0n) is 18.9. The molecule has 0 saturated carbocycles. The molecule has 4 heterocycles. The lowest BCUT2D eigenvalue weighted by Gasteiger charge is -2.36. The number of nitro groups is 1. The van der Waals surface area contributed by atoms with Gasteiger partial charge in [0.1, 0.15) is 0 Å². The number of non-ortho nitro benzene ring substituents is 1. The Morgan fingerprint density at radius 3 is 1.94 bits per heavy atom. The number of nitro benzene ring substituents is 1. The average molecular weight is 501 g/mol. The number of aromatic nitrogens is 4. The van der Waals surface area contributed by atoms with Gasteiger partial charge in [0, 0.05) is 62.5 Å². The third kappa shape index (κ3) is 5.23. The number of hydrogen-bond donors (Lipinski definition) is 5. The van der Waals surface area contributed by atoms with E-state index in [9.17, 15) is 10.1 Å². The quantitative estimate of drug-likeness (QED) is 0.228. The molecule has 0 aliphatic carbocycles. The molecule has 2 fully saturated rings. The summed E-state index contributed by atoms with van der Waals surface area (Å²) in [6.45, 7) is 2.28. The highest BCUT2D eigenvalue weighted by molar-refractivity contribution is 7.22. The summed E-state index contributed by atoms with van der Waals surface area (Å²) in [6, 6.07) is 4.18. The second-order valence-electron chi connectivity index (χ2n) is 9.13. The summed E-state index contributed by atoms with van der Waals surface area (Å²) < 4.78 is 0.678. The maximum Gasteiger partial charge on any atom is 0.270 e. The topological polar surface area (TPSA) is 217 Å². The Bertz CT molecular complexity index is 1170. The fraction of sp³-hybridized carbons (Fsp3) is 0.500. The minimum Gasteiger partial charge on any atom is -0.338 e. The first-order valence-corrected chi connectivity index (χ1v) is 12.2. The van der Waals surface area contributed by atoms with Crippen molar-refractivity contribution in [3.05, 3.63) is 28.3 Å². The van der Waals surface area contributed by atoms with Crippen LogP contribution in [0.5, 0.6) is 0 Å². The van der Waals surface area contributed by atoms with Crippen molar-refractivity contribution in [2.45, 2.75) is 37.0 Å². The Morgan fingerprint density at radius 2 is 1.43 bits per heavy atom. The van der Waals surface area contributed by atoms with Crippen LogP contribution in [0.3, 0.4) is 0 Å². The van der Waals surface area contributed by atoms with Crippen LogP contribution in [0.15, 0.2) is 18.2 Å². The van der Waals surface area contributed by atoms with Crippen LogP contribution >= 0.6 is 11.3 Å². The fourth-order valence-corrected chi connectivity index (χ4v) is 5.45. The molecule has 0 amide bonds. The molecule has 0 bridgehead atoms. The van der Waals surface area contributed by atoms with Gasteiger partial charge in [0.15, 0.2) is 5.13 Å². The largest absolute Gasteiger partial charge is 0.338 e. The zero-order valence-corrected chi connectivity index (χ0v) is 19.8. The molecule has 0 spiro atoms. The van der Waals surface area contributed by atoms with Crippen molar-refractivity contribution in [2.75, 3.05) is 41.3 Å². The lowest BCUT2D eigenvalue weighted by atomic mass is 10.0. The molecular weight excluding hydrogens is 472 g/mol. The molecule has 5 rings (SSSR count). The molecule has 0 radical (unpaired) electrons. The number of nitrogens with zero attached hydrogens (tertiary/aromatic N) is 7. The van der Waals surface area contributed by atoms with Gasteiger partial charge in [0.25, 0.3) is 5.69 Å². The van der Waals surface area contributed by atoms with Gasteiger partial charge in [0.2, 0.25) is 17.8 Å². The SMILES string of the molecule is NC1CC(N)CN(c2nc(Nc3nc4ccc([N+](=O)[O-])cc4s3)nc(N3CC(N)CC(N)C3)n2)C1. The van der Waals surface area contributed by atoms with Crippen LogP contribution < -0.4 is 38.1 Å². The van der Waals surface area contributed by atoms with E-state index in [4.69, 9.17) is 27.9 Å². The van der Waals surface area contributed by atoms with Crippen molar-refractivity contribution in [3.63, 3.8) is 0 Å². The first-order chi connectivity index (χ1) is 16.7. The first kappa shape index (κ1) is 23.5. The van der Waals surface area contributed by atoms with Crippen LogP contribution in [0.2, 0.25) is 0 Å². The van der Waals surface area contributed by atoms with Crippen molar-refractivity contribution < 1.29 is 4.92 Å². The number of anilines is 4. The van der Waals surface area contributed by atoms with E-state index in [0.29, 0.717) is 59.4 Å². The Hall–Kier alpha value is -3.24. The van der Waals surface area contributed by atoms with E-state index in [1.54, 1.807) is 6.07 Å². The van der Waals surface area contributed by atoms with Gasteiger partial charge in [-0.3, -0.25) is 15.4 Å². The van der Waals surface area contributed by atoms with Gasteiger partial charge in [-0.2, -0.15) is 15.0 Å². The maximum absolute atomic E-state index is 11.1. The molecule has 1 aromatic carbocycles. The van der Waals surface area contributed by atoms with E-state index < -0.39 is 4.92 Å². The number of piperidine rings is 2. The third-order valence-corrected chi connectivity index (χ3v) is 6.94. The average Bonchev–Trinajstić information content (AvgIpc) is 3.19. The zero-order chi connectivity index (χ0) is 24.7. The smallest absolute Gasteiger partial charge is 0.270 e. The molecule has 3 aromatic rings. The molecule has 186 valence electrons. The molecule has 2 saturated heterocycles. The van der Waals surface area contributed by atoms with Gasteiger partial charge < -0.3 is 32.7 Å². The number of benzene rings is 1. The second kappa shape index (κ2) is 9.43. The van der Waals surface area contributed by atoms with Gasteiger partial charge in [-0.05, 0) is 18.9 Å².